The second-order valence-electron chi connectivity index (χ2n) is 9.05. The van der Waals surface area contributed by atoms with Crippen LogP contribution in [0.1, 0.15) is 22.5 Å². The summed E-state index contributed by atoms with van der Waals surface area (Å²) in [4.78, 5) is 25.4. The van der Waals surface area contributed by atoms with Crippen molar-refractivity contribution in [1.82, 2.24) is 8.87 Å². The Bertz CT molecular complexity index is 1550. The summed E-state index contributed by atoms with van der Waals surface area (Å²) in [6.45, 7) is 5.09. The van der Waals surface area contributed by atoms with Gasteiger partial charge in [0.1, 0.15) is 0 Å². The smallest absolute Gasteiger partial charge is 0.269 e. The Balaban J connectivity index is 1.56. The van der Waals surface area contributed by atoms with E-state index in [0.29, 0.717) is 30.0 Å². The zero-order valence-corrected chi connectivity index (χ0v) is 21.5. The van der Waals surface area contributed by atoms with Crippen LogP contribution in [0.5, 0.6) is 0 Å². The van der Waals surface area contributed by atoms with Crippen LogP contribution in [-0.4, -0.2) is 61.5 Å². The van der Waals surface area contributed by atoms with Gasteiger partial charge in [0, 0.05) is 60.5 Å². The fourth-order valence-electron chi connectivity index (χ4n) is 4.87. The number of carbonyl (C=O) groups excluding carboxylic acids is 1. The molecule has 192 valence electrons. The van der Waals surface area contributed by atoms with E-state index in [4.69, 9.17) is 4.74 Å². The Hall–Kier alpha value is -3.80. The molecule has 1 amide bonds. The van der Waals surface area contributed by atoms with Crippen molar-refractivity contribution in [3.63, 3.8) is 0 Å². The van der Waals surface area contributed by atoms with E-state index < -0.39 is 14.9 Å². The standard InChI is InChI=1S/C26H26N4O6S/c1-17-14-19(18(2)29(17)20-4-6-21(7-5-20)30(32)33)15-24-23-16-22(8-9-25(23)27(3)26(24)31)37(34,35)28-10-12-36-13-11-28/h4-9,14-16H,10-13H2,1-3H3/b24-15-. The highest BCUT2D eigenvalue weighted by Crippen LogP contribution is 2.39. The number of nitro benzene ring substituents is 1. The van der Waals surface area contributed by atoms with Crippen molar-refractivity contribution in [3.05, 3.63) is 81.2 Å². The van der Waals surface area contributed by atoms with Gasteiger partial charge < -0.3 is 14.2 Å². The van der Waals surface area contributed by atoms with E-state index in [1.165, 1.54) is 27.4 Å². The number of carbonyl (C=O) groups is 1. The molecule has 3 aromatic rings. The predicted molar refractivity (Wildman–Crippen MR) is 139 cm³/mol. The summed E-state index contributed by atoms with van der Waals surface area (Å²) < 4.78 is 35.1. The molecule has 10 nitrogen and oxygen atoms in total. The molecule has 0 unspecified atom stereocenters. The van der Waals surface area contributed by atoms with Crippen LogP contribution in [0.4, 0.5) is 11.4 Å². The summed E-state index contributed by atoms with van der Waals surface area (Å²) in [5.74, 6) is -0.226. The summed E-state index contributed by atoms with van der Waals surface area (Å²) in [6, 6.07) is 13.0. The predicted octanol–water partition coefficient (Wildman–Crippen LogP) is 3.54. The van der Waals surface area contributed by atoms with Gasteiger partial charge in [0.05, 0.1) is 28.7 Å². The minimum absolute atomic E-state index is 0.00702. The molecule has 1 saturated heterocycles. The normalized spacial score (nSPS) is 17.4. The van der Waals surface area contributed by atoms with E-state index in [1.807, 2.05) is 24.5 Å². The van der Waals surface area contributed by atoms with Gasteiger partial charge in [-0.05, 0) is 61.9 Å². The molecule has 1 fully saturated rings. The molecule has 0 saturated carbocycles. The molecule has 11 heteroatoms. The number of non-ortho nitro benzene ring substituents is 1. The van der Waals surface area contributed by atoms with Crippen molar-refractivity contribution >= 4 is 39.0 Å². The van der Waals surface area contributed by atoms with E-state index >= 15 is 0 Å². The number of hydrogen-bond donors (Lipinski definition) is 0. The molecule has 0 spiro atoms. The van der Waals surface area contributed by atoms with Gasteiger partial charge >= 0.3 is 0 Å². The van der Waals surface area contributed by atoms with Gasteiger partial charge in [0.25, 0.3) is 11.6 Å². The fraction of sp³-hybridized carbons (Fsp3) is 0.269. The number of aromatic nitrogens is 1. The first-order valence-electron chi connectivity index (χ1n) is 11.8. The van der Waals surface area contributed by atoms with Crippen molar-refractivity contribution in [3.8, 4) is 5.69 Å². The molecular weight excluding hydrogens is 496 g/mol. The molecule has 5 rings (SSSR count). The minimum Gasteiger partial charge on any atom is -0.379 e. The van der Waals surface area contributed by atoms with Gasteiger partial charge in [-0.2, -0.15) is 4.31 Å². The van der Waals surface area contributed by atoms with Crippen molar-refractivity contribution in [1.29, 1.82) is 0 Å². The number of nitro groups is 1. The lowest BCUT2D eigenvalue weighted by Crippen LogP contribution is -2.40. The molecule has 0 radical (unpaired) electrons. The minimum atomic E-state index is -3.73. The van der Waals surface area contributed by atoms with E-state index in [2.05, 4.69) is 0 Å². The van der Waals surface area contributed by atoms with Crippen LogP contribution < -0.4 is 4.90 Å². The number of fused-ring (bicyclic) bond motifs is 1. The van der Waals surface area contributed by atoms with E-state index in [0.717, 1.165) is 22.6 Å². The first kappa shape index (κ1) is 24.9. The summed E-state index contributed by atoms with van der Waals surface area (Å²) in [5, 5.41) is 11.0. The number of rotatable bonds is 5. The van der Waals surface area contributed by atoms with Crippen LogP contribution >= 0.6 is 0 Å². The molecule has 2 aliphatic rings. The van der Waals surface area contributed by atoms with Gasteiger partial charge in [-0.3, -0.25) is 14.9 Å². The molecular formula is C26H26N4O6S. The summed E-state index contributed by atoms with van der Waals surface area (Å²) in [6.07, 6.45) is 1.78. The Morgan fingerprint density at radius 2 is 1.70 bits per heavy atom. The summed E-state index contributed by atoms with van der Waals surface area (Å²) in [5.41, 5.74) is 4.90. The van der Waals surface area contributed by atoms with E-state index in [1.54, 1.807) is 37.4 Å². The molecule has 3 heterocycles. The first-order valence-corrected chi connectivity index (χ1v) is 13.2. The van der Waals surface area contributed by atoms with Crippen molar-refractivity contribution < 1.29 is 22.9 Å². The van der Waals surface area contributed by atoms with Gasteiger partial charge in [0.2, 0.25) is 10.0 Å². The fourth-order valence-corrected chi connectivity index (χ4v) is 6.31. The van der Waals surface area contributed by atoms with Crippen molar-refractivity contribution in [2.24, 2.45) is 0 Å². The average Bonchev–Trinajstić information content (AvgIpc) is 3.31. The number of morpholine rings is 1. The Labute approximate surface area is 214 Å². The molecule has 2 aliphatic heterocycles. The van der Waals surface area contributed by atoms with Gasteiger partial charge in [-0.1, -0.05) is 0 Å². The Morgan fingerprint density at radius 1 is 1.03 bits per heavy atom. The second kappa shape index (κ2) is 9.25. The number of amides is 1. The van der Waals surface area contributed by atoms with Gasteiger partial charge in [0.15, 0.2) is 0 Å². The summed E-state index contributed by atoms with van der Waals surface area (Å²) in [7, 11) is -2.06. The van der Waals surface area contributed by atoms with Crippen LogP contribution in [0.2, 0.25) is 0 Å². The molecule has 0 aliphatic carbocycles. The molecule has 0 bridgehead atoms. The molecule has 0 N–H and O–H groups in total. The maximum Gasteiger partial charge on any atom is 0.269 e. The second-order valence-corrected chi connectivity index (χ2v) is 11.0. The average molecular weight is 523 g/mol. The number of aryl methyl sites for hydroxylation is 1. The third kappa shape index (κ3) is 4.24. The number of benzene rings is 2. The van der Waals surface area contributed by atoms with Crippen LogP contribution in [-0.2, 0) is 19.6 Å². The highest BCUT2D eigenvalue weighted by Gasteiger charge is 2.33. The number of hydrogen-bond acceptors (Lipinski definition) is 6. The number of sulfonamides is 1. The highest BCUT2D eigenvalue weighted by atomic mass is 32.2. The van der Waals surface area contributed by atoms with Crippen LogP contribution in [0, 0.1) is 24.0 Å². The molecule has 0 atom stereocenters. The molecule has 1 aromatic heterocycles. The van der Waals surface area contributed by atoms with E-state index in [-0.39, 0.29) is 29.6 Å². The maximum absolute atomic E-state index is 13.2. The number of anilines is 1. The number of nitrogens with zero attached hydrogens (tertiary/aromatic N) is 4. The third-order valence-corrected chi connectivity index (χ3v) is 8.75. The Kier molecular flexibility index (Phi) is 6.22. The number of likely N-dealkylation sites (N-methyl/N-ethyl adjacent to an activating group) is 1. The van der Waals surface area contributed by atoms with Crippen molar-refractivity contribution in [2.45, 2.75) is 18.7 Å². The lowest BCUT2D eigenvalue weighted by atomic mass is 10.0. The number of ether oxygens (including phenoxy) is 1. The zero-order valence-electron chi connectivity index (χ0n) is 20.7. The monoisotopic (exact) mass is 522 g/mol. The maximum atomic E-state index is 13.2. The summed E-state index contributed by atoms with van der Waals surface area (Å²) >= 11 is 0. The molecule has 37 heavy (non-hydrogen) atoms. The van der Waals surface area contributed by atoms with Crippen LogP contribution in [0.3, 0.4) is 0 Å². The highest BCUT2D eigenvalue weighted by molar-refractivity contribution is 7.89. The lowest BCUT2D eigenvalue weighted by Gasteiger charge is -2.26. The zero-order chi connectivity index (χ0) is 26.5. The lowest BCUT2D eigenvalue weighted by molar-refractivity contribution is -0.384. The van der Waals surface area contributed by atoms with E-state index in [9.17, 15) is 23.3 Å². The molecule has 2 aromatic carbocycles. The largest absolute Gasteiger partial charge is 0.379 e. The topological polar surface area (TPSA) is 115 Å². The van der Waals surface area contributed by atoms with Gasteiger partial charge in [-0.15, -0.1) is 0 Å². The SMILES string of the molecule is Cc1cc(/C=C2\C(=O)N(C)c3ccc(S(=O)(=O)N4CCOCC4)cc32)c(C)n1-c1ccc([N+](=O)[O-])cc1. The Morgan fingerprint density at radius 3 is 2.35 bits per heavy atom. The first-order chi connectivity index (χ1) is 17.6. The van der Waals surface area contributed by atoms with Crippen LogP contribution in [0.15, 0.2) is 53.4 Å². The van der Waals surface area contributed by atoms with Gasteiger partial charge in [-0.25, -0.2) is 8.42 Å². The quantitative estimate of drug-likeness (QED) is 0.288. The van der Waals surface area contributed by atoms with Crippen LogP contribution in [0.25, 0.3) is 17.3 Å². The third-order valence-electron chi connectivity index (χ3n) is 6.85. The van der Waals surface area contributed by atoms with Crippen molar-refractivity contribution in [2.75, 3.05) is 38.3 Å².